The Morgan fingerprint density at radius 2 is 1.72 bits per heavy atom. The predicted octanol–water partition coefficient (Wildman–Crippen LogP) is 5.11. The molecule has 190 valence electrons. The van der Waals surface area contributed by atoms with Crippen LogP contribution in [-0.2, 0) is 27.5 Å². The van der Waals surface area contributed by atoms with Crippen LogP contribution < -0.4 is 10.1 Å². The average Bonchev–Trinajstić information content (AvgIpc) is 3.34. The molecule has 0 spiro atoms. The molecule has 1 amide bonds. The fourth-order valence-electron chi connectivity index (χ4n) is 3.93. The van der Waals surface area contributed by atoms with Gasteiger partial charge >= 0.3 is 6.18 Å². The summed E-state index contributed by atoms with van der Waals surface area (Å²) < 4.78 is 84.4. The van der Waals surface area contributed by atoms with Gasteiger partial charge in [0.25, 0.3) is 0 Å². The van der Waals surface area contributed by atoms with Crippen LogP contribution in [0.25, 0.3) is 0 Å². The number of nitrogens with zero attached hydrogens (tertiary/aromatic N) is 1. The number of halogens is 4. The summed E-state index contributed by atoms with van der Waals surface area (Å²) in [6.45, 7) is 0.223. The number of carbonyl (C=O) groups is 1. The zero-order valence-corrected chi connectivity index (χ0v) is 19.7. The van der Waals surface area contributed by atoms with E-state index in [4.69, 9.17) is 4.74 Å². The summed E-state index contributed by atoms with van der Waals surface area (Å²) in [4.78, 5) is 12.6. The minimum atomic E-state index is -4.44. The highest BCUT2D eigenvalue weighted by molar-refractivity contribution is 7.89. The van der Waals surface area contributed by atoms with Crippen molar-refractivity contribution in [1.82, 2.24) is 9.62 Å². The Bertz CT molecular complexity index is 1340. The molecule has 0 bridgehead atoms. The van der Waals surface area contributed by atoms with Gasteiger partial charge in [-0.1, -0.05) is 18.2 Å². The van der Waals surface area contributed by atoms with Gasteiger partial charge in [-0.15, -0.1) is 0 Å². The molecule has 11 heteroatoms. The molecule has 0 radical (unpaired) electrons. The van der Waals surface area contributed by atoms with Crippen molar-refractivity contribution in [3.63, 3.8) is 0 Å². The Morgan fingerprint density at radius 3 is 2.42 bits per heavy atom. The molecule has 6 nitrogen and oxygen atoms in total. The number of hydrogen-bond acceptors (Lipinski definition) is 4. The molecular weight excluding hydrogens is 500 g/mol. The number of hydrogen-bond donors (Lipinski definition) is 1. The molecule has 4 rings (SSSR count). The first-order valence-corrected chi connectivity index (χ1v) is 12.5. The minimum Gasteiger partial charge on any atom is -0.457 e. The average molecular weight is 523 g/mol. The quantitative estimate of drug-likeness (QED) is 0.438. The summed E-state index contributed by atoms with van der Waals surface area (Å²) in [5.41, 5.74) is -0.142. The highest BCUT2D eigenvalue weighted by Crippen LogP contribution is 2.31. The molecule has 1 N–H and O–H groups in total. The predicted molar refractivity (Wildman–Crippen MR) is 123 cm³/mol. The maximum atomic E-state index is 13.6. The molecule has 3 aromatic carbocycles. The molecule has 0 aromatic heterocycles. The van der Waals surface area contributed by atoms with Gasteiger partial charge in [0, 0.05) is 13.1 Å². The molecule has 0 unspecified atom stereocenters. The minimum absolute atomic E-state index is 0.0768. The van der Waals surface area contributed by atoms with Crippen LogP contribution in [0.15, 0.2) is 77.7 Å². The molecule has 3 aromatic rings. The highest BCUT2D eigenvalue weighted by Gasteiger charge is 2.39. The van der Waals surface area contributed by atoms with E-state index in [-0.39, 0.29) is 23.7 Å². The van der Waals surface area contributed by atoms with Gasteiger partial charge in [0.05, 0.1) is 10.5 Å². The molecule has 36 heavy (non-hydrogen) atoms. The Morgan fingerprint density at radius 1 is 1.00 bits per heavy atom. The van der Waals surface area contributed by atoms with Crippen molar-refractivity contribution in [3.05, 3.63) is 89.7 Å². The summed E-state index contributed by atoms with van der Waals surface area (Å²) in [6, 6.07) is 14.6. The highest BCUT2D eigenvalue weighted by atomic mass is 32.2. The molecule has 1 heterocycles. The second kappa shape index (κ2) is 10.3. The number of nitrogens with one attached hydrogen (secondary N) is 1. The molecular formula is C25H22F4N2O4S. The Labute approximate surface area is 205 Å². The molecule has 1 atom stereocenters. The fraction of sp³-hybridized carbons (Fsp3) is 0.240. The fourth-order valence-corrected chi connectivity index (χ4v) is 5.62. The first-order chi connectivity index (χ1) is 17.0. The van der Waals surface area contributed by atoms with Gasteiger partial charge < -0.3 is 10.1 Å². The lowest BCUT2D eigenvalue weighted by atomic mass is 10.2. The molecule has 0 aliphatic carbocycles. The van der Waals surface area contributed by atoms with Crippen molar-refractivity contribution in [3.8, 4) is 11.5 Å². The Kier molecular flexibility index (Phi) is 7.32. The van der Waals surface area contributed by atoms with Crippen molar-refractivity contribution in [2.75, 3.05) is 6.54 Å². The molecule has 0 saturated carbocycles. The van der Waals surface area contributed by atoms with Crippen molar-refractivity contribution in [1.29, 1.82) is 0 Å². The van der Waals surface area contributed by atoms with Crippen LogP contribution in [0.3, 0.4) is 0 Å². The Balaban J connectivity index is 1.40. The molecule has 1 saturated heterocycles. The van der Waals surface area contributed by atoms with Crippen molar-refractivity contribution >= 4 is 15.9 Å². The van der Waals surface area contributed by atoms with Crippen LogP contribution in [0.4, 0.5) is 17.6 Å². The third-order valence-electron chi connectivity index (χ3n) is 5.69. The van der Waals surface area contributed by atoms with E-state index in [0.29, 0.717) is 24.2 Å². The monoisotopic (exact) mass is 522 g/mol. The van der Waals surface area contributed by atoms with E-state index in [0.717, 1.165) is 28.6 Å². The van der Waals surface area contributed by atoms with Gasteiger partial charge in [-0.3, -0.25) is 4.79 Å². The second-order valence-electron chi connectivity index (χ2n) is 8.22. The van der Waals surface area contributed by atoms with Crippen molar-refractivity contribution in [2.45, 2.75) is 36.5 Å². The smallest absolute Gasteiger partial charge is 0.416 e. The maximum absolute atomic E-state index is 13.6. The summed E-state index contributed by atoms with van der Waals surface area (Å²) in [5, 5.41) is 2.72. The van der Waals surface area contributed by atoms with Crippen LogP contribution in [0.2, 0.25) is 0 Å². The zero-order valence-electron chi connectivity index (χ0n) is 18.8. The largest absolute Gasteiger partial charge is 0.457 e. The third kappa shape index (κ3) is 5.85. The lowest BCUT2D eigenvalue weighted by molar-refractivity contribution is -0.137. The van der Waals surface area contributed by atoms with Crippen LogP contribution >= 0.6 is 0 Å². The topological polar surface area (TPSA) is 75.7 Å². The van der Waals surface area contributed by atoms with Gasteiger partial charge in [0.1, 0.15) is 23.4 Å². The third-order valence-corrected chi connectivity index (χ3v) is 7.60. The number of benzene rings is 3. The normalized spacial score (nSPS) is 16.6. The van der Waals surface area contributed by atoms with Gasteiger partial charge in [-0.05, 0) is 73.0 Å². The van der Waals surface area contributed by atoms with E-state index < -0.39 is 39.5 Å². The standard InChI is InChI=1S/C25H22F4N2O4S/c26-19-5-2-7-22(15-19)36(33,34)31-13-3-8-23(31)24(32)30-16-17-4-1-6-21(14-17)35-20-11-9-18(10-12-20)25(27,28)29/h1-2,4-7,9-12,14-15,23H,3,8,13,16H2,(H,30,32)/t23-/m0/s1. The summed E-state index contributed by atoms with van der Waals surface area (Å²) in [5.74, 6) is -0.595. The first-order valence-electron chi connectivity index (χ1n) is 11.0. The number of amides is 1. The van der Waals surface area contributed by atoms with E-state index in [9.17, 15) is 30.8 Å². The summed E-state index contributed by atoms with van der Waals surface area (Å²) in [6.07, 6.45) is -3.62. The molecule has 1 aliphatic rings. The van der Waals surface area contributed by atoms with E-state index >= 15 is 0 Å². The van der Waals surface area contributed by atoms with Crippen LogP contribution in [0.5, 0.6) is 11.5 Å². The number of carbonyl (C=O) groups excluding carboxylic acids is 1. The summed E-state index contributed by atoms with van der Waals surface area (Å²) in [7, 11) is -4.05. The summed E-state index contributed by atoms with van der Waals surface area (Å²) >= 11 is 0. The van der Waals surface area contributed by atoms with Crippen molar-refractivity contribution in [2.24, 2.45) is 0 Å². The number of sulfonamides is 1. The first kappa shape index (κ1) is 25.6. The maximum Gasteiger partial charge on any atom is 0.416 e. The number of rotatable bonds is 7. The zero-order chi connectivity index (χ0) is 25.9. The van der Waals surface area contributed by atoms with Gasteiger partial charge in [0.2, 0.25) is 15.9 Å². The van der Waals surface area contributed by atoms with Crippen molar-refractivity contribution < 1.29 is 35.5 Å². The van der Waals surface area contributed by atoms with Gasteiger partial charge in [-0.2, -0.15) is 17.5 Å². The molecule has 1 fully saturated rings. The van der Waals surface area contributed by atoms with Crippen LogP contribution in [0, 0.1) is 5.82 Å². The van der Waals surface area contributed by atoms with E-state index in [1.54, 1.807) is 24.3 Å². The number of ether oxygens (including phenoxy) is 1. The number of alkyl halides is 3. The van der Waals surface area contributed by atoms with Crippen LogP contribution in [-0.4, -0.2) is 31.2 Å². The van der Waals surface area contributed by atoms with E-state index in [1.165, 1.54) is 24.3 Å². The lowest BCUT2D eigenvalue weighted by Crippen LogP contribution is -2.45. The lowest BCUT2D eigenvalue weighted by Gasteiger charge is -2.23. The van der Waals surface area contributed by atoms with E-state index in [1.807, 2.05) is 0 Å². The van der Waals surface area contributed by atoms with Gasteiger partial charge in [0.15, 0.2) is 0 Å². The van der Waals surface area contributed by atoms with E-state index in [2.05, 4.69) is 5.32 Å². The molecule has 1 aliphatic heterocycles. The Hall–Kier alpha value is -3.44. The SMILES string of the molecule is O=C(NCc1cccc(Oc2ccc(C(F)(F)F)cc2)c1)[C@@H]1CCCN1S(=O)(=O)c1cccc(F)c1. The second-order valence-corrected chi connectivity index (χ2v) is 10.1. The van der Waals surface area contributed by atoms with Gasteiger partial charge in [-0.25, -0.2) is 12.8 Å². The van der Waals surface area contributed by atoms with Crippen LogP contribution in [0.1, 0.15) is 24.0 Å².